The second kappa shape index (κ2) is 4.53. The lowest BCUT2D eigenvalue weighted by molar-refractivity contribution is -0.152. The third-order valence-electron chi connectivity index (χ3n) is 2.25. The van der Waals surface area contributed by atoms with Crippen LogP contribution in [0.1, 0.15) is 32.4 Å². The minimum absolute atomic E-state index is 0.469. The number of rotatable bonds is 4. The van der Waals surface area contributed by atoms with E-state index >= 15 is 0 Å². The highest BCUT2D eigenvalue weighted by Crippen LogP contribution is 2.21. The van der Waals surface area contributed by atoms with Crippen molar-refractivity contribution >= 4 is 5.97 Å². The highest BCUT2D eigenvalue weighted by molar-refractivity contribution is 5.76. The minimum Gasteiger partial charge on any atom is -0.478 e. The number of hydrogen-bond acceptors (Lipinski definition) is 3. The summed E-state index contributed by atoms with van der Waals surface area (Å²) in [6, 6.07) is 6.70. The van der Waals surface area contributed by atoms with Crippen molar-refractivity contribution in [3.05, 3.63) is 29.8 Å². The van der Waals surface area contributed by atoms with Gasteiger partial charge in [-0.15, -0.1) is 0 Å². The molecule has 4 nitrogen and oxygen atoms in total. The van der Waals surface area contributed by atoms with Crippen molar-refractivity contribution < 1.29 is 19.7 Å². The Labute approximate surface area is 94.5 Å². The van der Waals surface area contributed by atoms with Gasteiger partial charge in [-0.1, -0.05) is 12.1 Å². The molecule has 0 aliphatic heterocycles. The molecule has 0 saturated heterocycles. The van der Waals surface area contributed by atoms with Crippen LogP contribution >= 0.6 is 0 Å². The van der Waals surface area contributed by atoms with Crippen LogP contribution in [0.4, 0.5) is 0 Å². The van der Waals surface area contributed by atoms with Crippen LogP contribution in [0.3, 0.4) is 0 Å². The Morgan fingerprint density at radius 1 is 1.31 bits per heavy atom. The fraction of sp³-hybridized carbons (Fsp3) is 0.417. The van der Waals surface area contributed by atoms with Crippen LogP contribution in [0.15, 0.2) is 24.3 Å². The molecule has 0 aliphatic carbocycles. The zero-order valence-corrected chi connectivity index (χ0v) is 9.60. The van der Waals surface area contributed by atoms with Crippen molar-refractivity contribution in [2.75, 3.05) is 0 Å². The van der Waals surface area contributed by atoms with Crippen LogP contribution in [0, 0.1) is 0 Å². The molecular formula is C12H16O4. The molecule has 88 valence electrons. The second-order valence-corrected chi connectivity index (χ2v) is 4.16. The molecule has 0 unspecified atom stereocenters. The van der Waals surface area contributed by atoms with Gasteiger partial charge in [0.2, 0.25) is 0 Å². The van der Waals surface area contributed by atoms with Gasteiger partial charge in [-0.3, -0.25) is 0 Å². The number of carbonyl (C=O) groups is 1. The molecule has 0 aromatic heterocycles. The molecular weight excluding hydrogens is 208 g/mol. The van der Waals surface area contributed by atoms with Gasteiger partial charge in [0.25, 0.3) is 0 Å². The molecule has 0 radical (unpaired) electrons. The highest BCUT2D eigenvalue weighted by atomic mass is 16.5. The molecule has 0 fully saturated rings. The van der Waals surface area contributed by atoms with E-state index in [2.05, 4.69) is 0 Å². The molecule has 0 bridgehead atoms. The third-order valence-corrected chi connectivity index (χ3v) is 2.25. The van der Waals surface area contributed by atoms with Gasteiger partial charge in [0.1, 0.15) is 5.75 Å². The smallest absolute Gasteiger partial charge is 0.347 e. The van der Waals surface area contributed by atoms with E-state index in [1.165, 1.54) is 13.8 Å². The Kier molecular flexibility index (Phi) is 3.55. The molecule has 1 aromatic carbocycles. The summed E-state index contributed by atoms with van der Waals surface area (Å²) in [5, 5.41) is 18.2. The van der Waals surface area contributed by atoms with Crippen molar-refractivity contribution in [2.24, 2.45) is 0 Å². The number of carboxylic acid groups (broad SMARTS) is 1. The molecule has 4 heteroatoms. The van der Waals surface area contributed by atoms with Gasteiger partial charge < -0.3 is 14.9 Å². The van der Waals surface area contributed by atoms with Gasteiger partial charge >= 0.3 is 5.97 Å². The highest BCUT2D eigenvalue weighted by Gasteiger charge is 2.29. The molecule has 1 rings (SSSR count). The summed E-state index contributed by atoms with van der Waals surface area (Å²) in [7, 11) is 0. The predicted octanol–water partition coefficient (Wildman–Crippen LogP) is 1.98. The van der Waals surface area contributed by atoms with Crippen LogP contribution in [-0.4, -0.2) is 21.8 Å². The topological polar surface area (TPSA) is 66.8 Å². The summed E-state index contributed by atoms with van der Waals surface area (Å²) in [5.41, 5.74) is -0.493. The summed E-state index contributed by atoms with van der Waals surface area (Å²) >= 11 is 0. The Balaban J connectivity index is 2.80. The first kappa shape index (κ1) is 12.5. The van der Waals surface area contributed by atoms with Crippen molar-refractivity contribution in [2.45, 2.75) is 32.5 Å². The van der Waals surface area contributed by atoms with Crippen molar-refractivity contribution in [3.8, 4) is 5.75 Å². The maximum absolute atomic E-state index is 10.8. The van der Waals surface area contributed by atoms with E-state index in [4.69, 9.17) is 9.84 Å². The summed E-state index contributed by atoms with van der Waals surface area (Å²) in [4.78, 5) is 10.8. The molecule has 0 amide bonds. The lowest BCUT2D eigenvalue weighted by Gasteiger charge is -2.21. The number of aliphatic hydroxyl groups is 1. The Morgan fingerprint density at radius 3 is 2.19 bits per heavy atom. The van der Waals surface area contributed by atoms with E-state index in [0.29, 0.717) is 5.75 Å². The first-order valence-corrected chi connectivity index (χ1v) is 5.03. The second-order valence-electron chi connectivity index (χ2n) is 4.16. The SMILES string of the molecule is C[C@@H](O)c1ccc(OC(C)(C)C(=O)O)cc1. The zero-order valence-electron chi connectivity index (χ0n) is 9.60. The first-order chi connectivity index (χ1) is 7.33. The van der Waals surface area contributed by atoms with Gasteiger partial charge in [0.15, 0.2) is 5.60 Å². The maximum atomic E-state index is 10.8. The fourth-order valence-electron chi connectivity index (χ4n) is 1.15. The lowest BCUT2D eigenvalue weighted by atomic mass is 10.1. The van der Waals surface area contributed by atoms with Gasteiger partial charge in [-0.2, -0.15) is 0 Å². The van der Waals surface area contributed by atoms with E-state index in [0.717, 1.165) is 5.56 Å². The molecule has 2 N–H and O–H groups in total. The average molecular weight is 224 g/mol. The molecule has 0 aliphatic rings. The van der Waals surface area contributed by atoms with Gasteiger partial charge in [0, 0.05) is 0 Å². The summed E-state index contributed by atoms with van der Waals surface area (Å²) in [6.45, 7) is 4.63. The quantitative estimate of drug-likeness (QED) is 0.820. The third kappa shape index (κ3) is 2.97. The van der Waals surface area contributed by atoms with Crippen molar-refractivity contribution in [1.29, 1.82) is 0 Å². The number of aliphatic carboxylic acids is 1. The van der Waals surface area contributed by atoms with E-state index < -0.39 is 17.7 Å². The van der Waals surface area contributed by atoms with Crippen LogP contribution < -0.4 is 4.74 Å². The molecule has 0 heterocycles. The van der Waals surface area contributed by atoms with Crippen molar-refractivity contribution in [1.82, 2.24) is 0 Å². The summed E-state index contributed by atoms with van der Waals surface area (Å²) in [6.07, 6.45) is -0.540. The Morgan fingerprint density at radius 2 is 1.81 bits per heavy atom. The van der Waals surface area contributed by atoms with E-state index in [-0.39, 0.29) is 0 Å². The molecule has 1 aromatic rings. The van der Waals surface area contributed by atoms with Gasteiger partial charge in [0.05, 0.1) is 6.10 Å². The Hall–Kier alpha value is -1.55. The minimum atomic E-state index is -1.26. The number of hydrogen-bond donors (Lipinski definition) is 2. The largest absolute Gasteiger partial charge is 0.478 e. The van der Waals surface area contributed by atoms with E-state index in [9.17, 15) is 9.90 Å². The van der Waals surface area contributed by atoms with E-state index in [1.807, 2.05) is 0 Å². The summed E-state index contributed by atoms with van der Waals surface area (Å²) < 4.78 is 5.32. The molecule has 16 heavy (non-hydrogen) atoms. The first-order valence-electron chi connectivity index (χ1n) is 5.03. The average Bonchev–Trinajstić information content (AvgIpc) is 2.17. The van der Waals surface area contributed by atoms with Gasteiger partial charge in [-0.25, -0.2) is 4.79 Å². The van der Waals surface area contributed by atoms with Crippen LogP contribution in [0.25, 0.3) is 0 Å². The molecule has 0 saturated carbocycles. The lowest BCUT2D eigenvalue weighted by Crippen LogP contribution is -2.37. The number of ether oxygens (including phenoxy) is 1. The standard InChI is InChI=1S/C12H16O4/c1-8(13)9-4-6-10(7-5-9)16-12(2,3)11(14)15/h4-8,13H,1-3H3,(H,14,15)/t8-/m1/s1. The molecule has 0 spiro atoms. The normalized spacial score (nSPS) is 13.2. The monoisotopic (exact) mass is 224 g/mol. The van der Waals surface area contributed by atoms with Crippen LogP contribution in [-0.2, 0) is 4.79 Å². The van der Waals surface area contributed by atoms with Crippen LogP contribution in [0.5, 0.6) is 5.75 Å². The Bertz CT molecular complexity index is 365. The number of aliphatic hydroxyl groups excluding tert-OH is 1. The predicted molar refractivity (Wildman–Crippen MR) is 59.4 cm³/mol. The maximum Gasteiger partial charge on any atom is 0.347 e. The zero-order chi connectivity index (χ0) is 12.3. The summed E-state index contributed by atoms with van der Waals surface area (Å²) in [5.74, 6) is -0.552. The number of benzene rings is 1. The van der Waals surface area contributed by atoms with Gasteiger partial charge in [-0.05, 0) is 38.5 Å². The molecule has 1 atom stereocenters. The van der Waals surface area contributed by atoms with Crippen LogP contribution in [0.2, 0.25) is 0 Å². The van der Waals surface area contributed by atoms with Crippen molar-refractivity contribution in [3.63, 3.8) is 0 Å². The fourth-order valence-corrected chi connectivity index (χ4v) is 1.15. The van der Waals surface area contributed by atoms with E-state index in [1.54, 1.807) is 31.2 Å². The number of carboxylic acids is 1.